The van der Waals surface area contributed by atoms with E-state index in [0.717, 1.165) is 96.2 Å². The molecule has 0 saturated carbocycles. The summed E-state index contributed by atoms with van der Waals surface area (Å²) in [6.45, 7) is 13.3. The van der Waals surface area contributed by atoms with Crippen LogP contribution in [0.25, 0.3) is 17.2 Å². The first-order valence-corrected chi connectivity index (χ1v) is 22.1. The lowest BCUT2D eigenvalue weighted by molar-refractivity contribution is -0.112. The van der Waals surface area contributed by atoms with Crippen molar-refractivity contribution in [3.05, 3.63) is 96.1 Å². The lowest BCUT2D eigenvalue weighted by Gasteiger charge is -2.30. The maximum absolute atomic E-state index is 13.7. The molecule has 4 aromatic rings. The average molecular weight is 793 g/mol. The van der Waals surface area contributed by atoms with Crippen LogP contribution in [0.4, 0.5) is 11.4 Å². The van der Waals surface area contributed by atoms with Crippen molar-refractivity contribution in [3.8, 4) is 16.9 Å². The number of aryl methyl sites for hydroxylation is 1. The second-order valence-corrected chi connectivity index (χ2v) is 16.9. The minimum Gasteiger partial charge on any atom is -0.611 e. The van der Waals surface area contributed by atoms with Gasteiger partial charge in [0.05, 0.1) is 31.1 Å². The molecule has 0 spiro atoms. The summed E-state index contributed by atoms with van der Waals surface area (Å²) in [5.74, 6) is 1.62. The smallest absolute Gasteiger partial charge is 0.261 e. The number of fused-ring (bicyclic) bond motifs is 1. The van der Waals surface area contributed by atoms with E-state index in [4.69, 9.17) is 14.0 Å². The molecule has 5 rings (SSSR count). The monoisotopic (exact) mass is 792 g/mol. The van der Waals surface area contributed by atoms with Crippen LogP contribution in [0.1, 0.15) is 71.1 Å². The molecule has 1 aliphatic heterocycles. The molecule has 0 fully saturated rings. The Labute approximate surface area is 330 Å². The molecule has 11 nitrogen and oxygen atoms in total. The van der Waals surface area contributed by atoms with Crippen LogP contribution in [-0.4, -0.2) is 72.1 Å². The highest BCUT2D eigenvalue weighted by Gasteiger charge is 2.20. The van der Waals surface area contributed by atoms with Gasteiger partial charge in [0.1, 0.15) is 12.4 Å². The molecule has 1 aromatic heterocycles. The fraction of sp³-hybridized carbons (Fsp3) is 0.429. The van der Waals surface area contributed by atoms with E-state index in [1.54, 1.807) is 12.5 Å². The molecule has 0 unspecified atom stereocenters. The third-order valence-electron chi connectivity index (χ3n) is 8.69. The number of aromatic nitrogens is 2. The fourth-order valence-electron chi connectivity index (χ4n) is 6.13. The van der Waals surface area contributed by atoms with Crippen LogP contribution in [0.2, 0.25) is 0 Å². The van der Waals surface area contributed by atoms with Crippen molar-refractivity contribution in [1.29, 1.82) is 0 Å². The van der Waals surface area contributed by atoms with Gasteiger partial charge in [0.2, 0.25) is 0 Å². The number of carbonyl (C=O) groups is 1. The molecule has 0 saturated heterocycles. The molecule has 2 N–H and O–H groups in total. The molecule has 0 bridgehead atoms. The summed E-state index contributed by atoms with van der Waals surface area (Å²) < 4.78 is 52.5. The molecular weight excluding hydrogens is 737 g/mol. The second-order valence-electron chi connectivity index (χ2n) is 14.0. The van der Waals surface area contributed by atoms with Crippen molar-refractivity contribution in [1.82, 2.24) is 9.55 Å². The Morgan fingerprint density at radius 3 is 2.38 bits per heavy atom. The van der Waals surface area contributed by atoms with Crippen molar-refractivity contribution in [2.24, 2.45) is 5.92 Å². The quantitative estimate of drug-likeness (QED) is 0.0613. The SMILES string of the molecule is CCCCOCCOc1ccc(-c2ccc3c(c2)/C=C(/C(=O)Nc2ccc([S@+]([O-])Cc4cncn4CCC)cc2)CCCN3CC(C)C)cc1.CS(=O)(=O)O. The van der Waals surface area contributed by atoms with Crippen molar-refractivity contribution >= 4 is 44.7 Å². The van der Waals surface area contributed by atoms with Crippen LogP contribution < -0.4 is 15.0 Å². The number of benzene rings is 3. The first-order chi connectivity index (χ1) is 26.3. The predicted octanol–water partition coefficient (Wildman–Crippen LogP) is 8.25. The van der Waals surface area contributed by atoms with Gasteiger partial charge in [-0.1, -0.05) is 52.3 Å². The molecule has 1 aliphatic rings. The van der Waals surface area contributed by atoms with Gasteiger partial charge in [0.25, 0.3) is 16.0 Å². The molecule has 1 amide bonds. The van der Waals surface area contributed by atoms with Gasteiger partial charge in [-0.25, -0.2) is 4.98 Å². The number of hydrogen-bond acceptors (Lipinski definition) is 8. The first-order valence-electron chi connectivity index (χ1n) is 19.0. The average Bonchev–Trinajstić information content (AvgIpc) is 3.57. The predicted molar refractivity (Wildman–Crippen MR) is 223 cm³/mol. The topological polar surface area (TPSA) is 146 Å². The highest BCUT2D eigenvalue weighted by atomic mass is 32.2. The summed E-state index contributed by atoms with van der Waals surface area (Å²) >= 11 is -1.21. The number of carbonyl (C=O) groups excluding carboxylic acids is 1. The lowest BCUT2D eigenvalue weighted by Crippen LogP contribution is -2.30. The number of ether oxygens (including phenoxy) is 2. The van der Waals surface area contributed by atoms with Crippen LogP contribution in [0, 0.1) is 5.92 Å². The summed E-state index contributed by atoms with van der Waals surface area (Å²) in [5.41, 5.74) is 6.73. The first kappa shape index (κ1) is 43.6. The third kappa shape index (κ3) is 14.8. The van der Waals surface area contributed by atoms with Crippen LogP contribution >= 0.6 is 0 Å². The zero-order valence-electron chi connectivity index (χ0n) is 32.7. The van der Waals surface area contributed by atoms with E-state index < -0.39 is 21.3 Å². The fourth-order valence-corrected chi connectivity index (χ4v) is 7.24. The minimum atomic E-state index is -3.67. The van der Waals surface area contributed by atoms with Crippen molar-refractivity contribution in [3.63, 3.8) is 0 Å². The largest absolute Gasteiger partial charge is 0.611 e. The third-order valence-corrected chi connectivity index (χ3v) is 10.0. The van der Waals surface area contributed by atoms with Gasteiger partial charge >= 0.3 is 0 Å². The summed E-state index contributed by atoms with van der Waals surface area (Å²) in [6, 6.07) is 22.1. The van der Waals surface area contributed by atoms with Crippen LogP contribution in [-0.2, 0) is 43.1 Å². The summed E-state index contributed by atoms with van der Waals surface area (Å²) in [4.78, 5) is 21.1. The standard InChI is InChI=1S/C41H52N4O4S.CH4O3S/c1-5-7-22-48-23-24-49-38-15-10-32(11-16-38)33-12-19-40-35(25-33)26-34(9-8-21-44(40)28-31(3)4)41(46)43-36-13-17-39(18-14-36)50(47)29-37-27-42-30-45(37)20-6-2;1-5(2,3)4/h10-19,25-27,30-31H,5-9,20-24,28-29H2,1-4H3,(H,43,46);1H3,(H,2,3,4)/b34-26+;/t50-;/m1./s1. The van der Waals surface area contributed by atoms with E-state index >= 15 is 0 Å². The molecule has 3 aromatic carbocycles. The Morgan fingerprint density at radius 1 is 1.00 bits per heavy atom. The van der Waals surface area contributed by atoms with Gasteiger partial charge in [-0.2, -0.15) is 8.42 Å². The van der Waals surface area contributed by atoms with Gasteiger partial charge in [0.15, 0.2) is 10.6 Å². The van der Waals surface area contributed by atoms with Gasteiger partial charge in [-0.05, 0) is 114 Å². The molecule has 55 heavy (non-hydrogen) atoms. The number of unbranched alkanes of at least 4 members (excludes halogenated alkanes) is 1. The normalized spacial score (nSPS) is 14.5. The van der Waals surface area contributed by atoms with E-state index in [0.29, 0.717) is 43.2 Å². The number of rotatable bonds is 17. The Morgan fingerprint density at radius 2 is 1.71 bits per heavy atom. The van der Waals surface area contributed by atoms with Crippen molar-refractivity contribution in [2.45, 2.75) is 77.0 Å². The second kappa shape index (κ2) is 21.8. The summed E-state index contributed by atoms with van der Waals surface area (Å²) in [5, 5.41) is 3.10. The zero-order chi connectivity index (χ0) is 39.8. The Balaban J connectivity index is 0.00000126. The van der Waals surface area contributed by atoms with Crippen LogP contribution in [0.5, 0.6) is 5.75 Å². The summed E-state index contributed by atoms with van der Waals surface area (Å²) in [6.07, 6.45) is 11.1. The van der Waals surface area contributed by atoms with Crippen LogP contribution in [0.15, 0.2) is 89.7 Å². The van der Waals surface area contributed by atoms with E-state index in [9.17, 15) is 17.8 Å². The number of hydrogen-bond donors (Lipinski definition) is 2. The molecule has 298 valence electrons. The number of imidazole rings is 1. The molecule has 13 heteroatoms. The van der Waals surface area contributed by atoms with Gasteiger partial charge in [0, 0.05) is 43.2 Å². The highest BCUT2D eigenvalue weighted by Crippen LogP contribution is 2.33. The van der Waals surface area contributed by atoms with Crippen LogP contribution in [0.3, 0.4) is 0 Å². The van der Waals surface area contributed by atoms with Crippen molar-refractivity contribution < 1.29 is 31.8 Å². The van der Waals surface area contributed by atoms with E-state index in [1.807, 2.05) is 36.4 Å². The number of nitrogens with one attached hydrogen (secondary N) is 1. The maximum Gasteiger partial charge on any atom is 0.261 e. The Hall–Kier alpha value is -4.14. The number of amides is 1. The van der Waals surface area contributed by atoms with Gasteiger partial charge in [-0.3, -0.25) is 9.35 Å². The van der Waals surface area contributed by atoms with Gasteiger partial charge in [-0.15, -0.1) is 0 Å². The molecular formula is C42H56N4O7S2. The zero-order valence-corrected chi connectivity index (χ0v) is 34.3. The summed E-state index contributed by atoms with van der Waals surface area (Å²) in [7, 11) is -3.67. The highest BCUT2D eigenvalue weighted by molar-refractivity contribution is 7.90. The molecule has 1 atom stereocenters. The molecule has 0 aliphatic carbocycles. The van der Waals surface area contributed by atoms with Crippen molar-refractivity contribution in [2.75, 3.05) is 49.4 Å². The Kier molecular flexibility index (Phi) is 17.3. The Bertz CT molecular complexity index is 1920. The molecule has 2 heterocycles. The number of anilines is 2. The lowest BCUT2D eigenvalue weighted by atomic mass is 9.96. The van der Waals surface area contributed by atoms with Gasteiger partial charge < -0.3 is 28.8 Å². The number of nitrogens with zero attached hydrogens (tertiary/aromatic N) is 3. The minimum absolute atomic E-state index is 0.115. The molecule has 0 radical (unpaired) electrons. The maximum atomic E-state index is 13.7. The van der Waals surface area contributed by atoms with E-state index in [-0.39, 0.29) is 5.91 Å². The van der Waals surface area contributed by atoms with E-state index in [2.05, 4.69) is 83.9 Å². The van der Waals surface area contributed by atoms with E-state index in [1.165, 1.54) is 0 Å².